The molecule has 0 atom stereocenters. The summed E-state index contributed by atoms with van der Waals surface area (Å²) in [5.74, 6) is 1.81. The number of nitrogens with one attached hydrogen (secondary N) is 1. The molecule has 3 heteroatoms. The van der Waals surface area contributed by atoms with Crippen molar-refractivity contribution >= 4 is 0 Å². The van der Waals surface area contributed by atoms with Crippen LogP contribution < -0.4 is 14.8 Å². The highest BCUT2D eigenvalue weighted by molar-refractivity contribution is 5.52. The Labute approximate surface area is 90.4 Å². The maximum absolute atomic E-state index is 5.60. The third-order valence-electron chi connectivity index (χ3n) is 2.78. The van der Waals surface area contributed by atoms with E-state index in [-0.39, 0.29) is 0 Å². The predicted molar refractivity (Wildman–Crippen MR) is 59.8 cm³/mol. The molecule has 0 fully saturated rings. The van der Waals surface area contributed by atoms with Gasteiger partial charge in [-0.15, -0.1) is 0 Å². The Morgan fingerprint density at radius 1 is 1.47 bits per heavy atom. The molecule has 1 aromatic rings. The van der Waals surface area contributed by atoms with Crippen LogP contribution in [-0.4, -0.2) is 27.3 Å². The molecule has 1 aliphatic rings. The summed E-state index contributed by atoms with van der Waals surface area (Å²) in [7, 11) is 3.66. The van der Waals surface area contributed by atoms with Crippen LogP contribution in [0.2, 0.25) is 0 Å². The molecule has 1 heterocycles. The first-order chi connectivity index (χ1) is 7.36. The Morgan fingerprint density at radius 3 is 3.07 bits per heavy atom. The first kappa shape index (κ1) is 10.3. The zero-order valence-corrected chi connectivity index (χ0v) is 9.30. The van der Waals surface area contributed by atoms with Crippen molar-refractivity contribution in [3.8, 4) is 11.5 Å². The summed E-state index contributed by atoms with van der Waals surface area (Å²) in [4.78, 5) is 0. The van der Waals surface area contributed by atoms with Crippen molar-refractivity contribution in [3.05, 3.63) is 23.3 Å². The van der Waals surface area contributed by atoms with Crippen LogP contribution in [0.3, 0.4) is 0 Å². The molecule has 0 amide bonds. The molecule has 0 saturated heterocycles. The summed E-state index contributed by atoms with van der Waals surface area (Å²) in [5.41, 5.74) is 2.70. The molecule has 2 rings (SSSR count). The molecule has 82 valence electrons. The Balaban J connectivity index is 2.29. The number of hydrogen-bond donors (Lipinski definition) is 1. The van der Waals surface area contributed by atoms with Crippen LogP contribution in [-0.2, 0) is 12.8 Å². The third kappa shape index (κ3) is 1.92. The third-order valence-corrected chi connectivity index (χ3v) is 2.78. The molecule has 0 bridgehead atoms. The molecule has 0 spiro atoms. The molecule has 0 aromatic heterocycles. The first-order valence-electron chi connectivity index (χ1n) is 5.33. The van der Waals surface area contributed by atoms with Gasteiger partial charge in [0.15, 0.2) is 11.5 Å². The molecule has 1 aliphatic heterocycles. The normalized spacial score (nSPS) is 13.5. The standard InChI is InChI=1S/C12H17NO2/c1-13-7-5-9-3-4-11(14-2)12-10(9)6-8-15-12/h3-4,13H,5-8H2,1-2H3. The summed E-state index contributed by atoms with van der Waals surface area (Å²) < 4.78 is 10.9. The minimum Gasteiger partial charge on any atom is -0.493 e. The van der Waals surface area contributed by atoms with Gasteiger partial charge < -0.3 is 14.8 Å². The fraction of sp³-hybridized carbons (Fsp3) is 0.500. The van der Waals surface area contributed by atoms with E-state index >= 15 is 0 Å². The maximum atomic E-state index is 5.60. The van der Waals surface area contributed by atoms with Crippen molar-refractivity contribution < 1.29 is 9.47 Å². The highest BCUT2D eigenvalue weighted by atomic mass is 16.5. The van der Waals surface area contributed by atoms with E-state index in [9.17, 15) is 0 Å². The predicted octanol–water partition coefficient (Wildman–Crippen LogP) is 1.39. The monoisotopic (exact) mass is 207 g/mol. The lowest BCUT2D eigenvalue weighted by molar-refractivity contribution is 0.326. The number of ether oxygens (including phenoxy) is 2. The van der Waals surface area contributed by atoms with Gasteiger partial charge in [0.2, 0.25) is 0 Å². The lowest BCUT2D eigenvalue weighted by Gasteiger charge is -2.10. The summed E-state index contributed by atoms with van der Waals surface area (Å²) in [6, 6.07) is 4.14. The SMILES string of the molecule is CNCCc1ccc(OC)c2c1CCO2. The van der Waals surface area contributed by atoms with E-state index in [2.05, 4.69) is 11.4 Å². The average Bonchev–Trinajstić information content (AvgIpc) is 2.74. The van der Waals surface area contributed by atoms with Gasteiger partial charge in [0.1, 0.15) is 0 Å². The van der Waals surface area contributed by atoms with Gasteiger partial charge in [-0.05, 0) is 31.6 Å². The van der Waals surface area contributed by atoms with Gasteiger partial charge in [0.05, 0.1) is 13.7 Å². The second-order valence-electron chi connectivity index (χ2n) is 3.69. The number of rotatable bonds is 4. The van der Waals surface area contributed by atoms with E-state index < -0.39 is 0 Å². The van der Waals surface area contributed by atoms with Crippen molar-refractivity contribution in [3.63, 3.8) is 0 Å². The molecular formula is C12H17NO2. The molecule has 1 N–H and O–H groups in total. The van der Waals surface area contributed by atoms with E-state index in [1.165, 1.54) is 11.1 Å². The Morgan fingerprint density at radius 2 is 2.33 bits per heavy atom. The van der Waals surface area contributed by atoms with Crippen molar-refractivity contribution in [2.45, 2.75) is 12.8 Å². The summed E-state index contributed by atoms with van der Waals surface area (Å²) in [6.45, 7) is 1.78. The summed E-state index contributed by atoms with van der Waals surface area (Å²) in [5, 5.41) is 3.16. The van der Waals surface area contributed by atoms with Crippen LogP contribution in [0.5, 0.6) is 11.5 Å². The second kappa shape index (κ2) is 4.53. The van der Waals surface area contributed by atoms with Crippen molar-refractivity contribution in [1.82, 2.24) is 5.32 Å². The van der Waals surface area contributed by atoms with Crippen LogP contribution in [0.25, 0.3) is 0 Å². The van der Waals surface area contributed by atoms with Crippen LogP contribution in [0.1, 0.15) is 11.1 Å². The van der Waals surface area contributed by atoms with E-state index in [0.717, 1.165) is 37.5 Å². The smallest absolute Gasteiger partial charge is 0.164 e. The van der Waals surface area contributed by atoms with Gasteiger partial charge in [-0.1, -0.05) is 6.07 Å². The lowest BCUT2D eigenvalue weighted by atomic mass is 10.0. The summed E-state index contributed by atoms with van der Waals surface area (Å²) >= 11 is 0. The number of likely N-dealkylation sites (N-methyl/N-ethyl adjacent to an activating group) is 1. The van der Waals surface area contributed by atoms with Crippen LogP contribution in [0, 0.1) is 0 Å². The highest BCUT2D eigenvalue weighted by Crippen LogP contribution is 2.37. The highest BCUT2D eigenvalue weighted by Gasteiger charge is 2.20. The molecule has 0 saturated carbocycles. The number of benzene rings is 1. The second-order valence-corrected chi connectivity index (χ2v) is 3.69. The first-order valence-corrected chi connectivity index (χ1v) is 5.33. The minimum atomic E-state index is 0.780. The van der Waals surface area contributed by atoms with Crippen molar-refractivity contribution in [2.24, 2.45) is 0 Å². The van der Waals surface area contributed by atoms with Crippen molar-refractivity contribution in [1.29, 1.82) is 0 Å². The van der Waals surface area contributed by atoms with E-state index in [1.54, 1.807) is 7.11 Å². The van der Waals surface area contributed by atoms with Crippen LogP contribution in [0.4, 0.5) is 0 Å². The number of hydrogen-bond acceptors (Lipinski definition) is 3. The minimum absolute atomic E-state index is 0.780. The molecule has 0 unspecified atom stereocenters. The Hall–Kier alpha value is -1.22. The number of methoxy groups -OCH3 is 1. The largest absolute Gasteiger partial charge is 0.493 e. The number of fused-ring (bicyclic) bond motifs is 1. The fourth-order valence-electron chi connectivity index (χ4n) is 1.99. The van der Waals surface area contributed by atoms with E-state index in [1.807, 2.05) is 13.1 Å². The lowest BCUT2D eigenvalue weighted by Crippen LogP contribution is -2.11. The molecule has 0 radical (unpaired) electrons. The van der Waals surface area contributed by atoms with Gasteiger partial charge in [-0.2, -0.15) is 0 Å². The zero-order valence-electron chi connectivity index (χ0n) is 9.30. The fourth-order valence-corrected chi connectivity index (χ4v) is 1.99. The maximum Gasteiger partial charge on any atom is 0.164 e. The molecule has 0 aliphatic carbocycles. The van der Waals surface area contributed by atoms with Gasteiger partial charge in [-0.25, -0.2) is 0 Å². The van der Waals surface area contributed by atoms with E-state index in [4.69, 9.17) is 9.47 Å². The topological polar surface area (TPSA) is 30.5 Å². The van der Waals surface area contributed by atoms with Crippen molar-refractivity contribution in [2.75, 3.05) is 27.3 Å². The molecule has 15 heavy (non-hydrogen) atoms. The summed E-state index contributed by atoms with van der Waals surface area (Å²) in [6.07, 6.45) is 2.05. The molecule has 3 nitrogen and oxygen atoms in total. The molecule has 1 aromatic carbocycles. The van der Waals surface area contributed by atoms with Gasteiger partial charge in [0, 0.05) is 12.0 Å². The van der Waals surface area contributed by atoms with Gasteiger partial charge in [0.25, 0.3) is 0 Å². The van der Waals surface area contributed by atoms with E-state index in [0.29, 0.717) is 0 Å². The van der Waals surface area contributed by atoms with Crippen LogP contribution in [0.15, 0.2) is 12.1 Å². The van der Waals surface area contributed by atoms with Gasteiger partial charge >= 0.3 is 0 Å². The average molecular weight is 207 g/mol. The Kier molecular flexibility index (Phi) is 3.11. The Bertz CT molecular complexity index is 350. The zero-order chi connectivity index (χ0) is 10.7. The van der Waals surface area contributed by atoms with Gasteiger partial charge in [-0.3, -0.25) is 0 Å². The molecular weight excluding hydrogens is 190 g/mol. The van der Waals surface area contributed by atoms with Crippen LogP contribution >= 0.6 is 0 Å². The quantitative estimate of drug-likeness (QED) is 0.809.